The number of aryl methyl sites for hydroxylation is 1. The highest BCUT2D eigenvalue weighted by Gasteiger charge is 2.43. The number of rotatable bonds is 8. The summed E-state index contributed by atoms with van der Waals surface area (Å²) in [5.41, 5.74) is 1.47. The van der Waals surface area contributed by atoms with Gasteiger partial charge in [-0.25, -0.2) is 14.4 Å². The monoisotopic (exact) mass is 519 g/mol. The number of piperidine rings is 1. The summed E-state index contributed by atoms with van der Waals surface area (Å²) in [5.74, 6) is 3.84. The van der Waals surface area contributed by atoms with Crippen molar-refractivity contribution >= 4 is 11.9 Å². The Morgan fingerprint density at radius 1 is 1.13 bits per heavy atom. The van der Waals surface area contributed by atoms with E-state index in [4.69, 9.17) is 4.74 Å². The first kappa shape index (κ1) is 24.8. The lowest BCUT2D eigenvalue weighted by Gasteiger charge is -2.32. The minimum atomic E-state index is -0.398. The molecule has 2 aromatic heterocycles. The van der Waals surface area contributed by atoms with E-state index in [0.717, 1.165) is 48.7 Å². The van der Waals surface area contributed by atoms with Crippen molar-refractivity contribution in [1.82, 2.24) is 29.6 Å². The van der Waals surface area contributed by atoms with E-state index in [-0.39, 0.29) is 12.3 Å². The van der Waals surface area contributed by atoms with Crippen molar-refractivity contribution in [1.29, 1.82) is 0 Å². The molecule has 3 aromatic rings. The molecule has 9 nitrogen and oxygen atoms in total. The molecule has 1 aliphatic carbocycles. The zero-order valence-electron chi connectivity index (χ0n) is 21.8. The number of hydrogen-bond donors (Lipinski definition) is 0. The predicted molar refractivity (Wildman–Crippen MR) is 139 cm³/mol. The summed E-state index contributed by atoms with van der Waals surface area (Å²) in [6.45, 7) is 6.27. The van der Waals surface area contributed by atoms with E-state index in [1.807, 2.05) is 23.9 Å². The highest BCUT2D eigenvalue weighted by atomic mass is 19.1. The van der Waals surface area contributed by atoms with Crippen molar-refractivity contribution < 1.29 is 13.9 Å². The fourth-order valence-electron chi connectivity index (χ4n) is 5.90. The van der Waals surface area contributed by atoms with Crippen LogP contribution in [0.15, 0.2) is 36.9 Å². The van der Waals surface area contributed by atoms with E-state index in [9.17, 15) is 9.18 Å². The largest absolute Gasteiger partial charge is 0.493 e. The Bertz CT molecular complexity index is 1270. The van der Waals surface area contributed by atoms with Gasteiger partial charge in [-0.05, 0) is 67.6 Å². The molecule has 0 unspecified atom stereocenters. The first-order chi connectivity index (χ1) is 18.5. The van der Waals surface area contributed by atoms with Crippen molar-refractivity contribution in [3.63, 3.8) is 0 Å². The Hall–Kier alpha value is -3.56. The van der Waals surface area contributed by atoms with Crippen molar-refractivity contribution in [3.8, 4) is 5.75 Å². The molecule has 1 saturated carbocycles. The summed E-state index contributed by atoms with van der Waals surface area (Å²) >= 11 is 0. The maximum atomic E-state index is 14.8. The van der Waals surface area contributed by atoms with Gasteiger partial charge in [0.1, 0.15) is 17.9 Å². The smallest absolute Gasteiger partial charge is 0.227 e. The number of aromatic nitrogens is 5. The number of benzene rings is 1. The van der Waals surface area contributed by atoms with Gasteiger partial charge in [-0.15, -0.1) is 10.2 Å². The SMILES string of the molecule is Cc1cnc(N2CCC([C@H]3C[C@H]3CCOc3ccc(CC(=O)N4CCn5cnnc5C4)c(F)c3)CC2)nc1. The molecule has 4 heterocycles. The van der Waals surface area contributed by atoms with Crippen LogP contribution in [0.1, 0.15) is 42.6 Å². The molecule has 2 fully saturated rings. The van der Waals surface area contributed by atoms with Crippen LogP contribution in [0.5, 0.6) is 5.75 Å². The highest BCUT2D eigenvalue weighted by Crippen LogP contribution is 2.49. The third kappa shape index (κ3) is 5.49. The Kier molecular flexibility index (Phi) is 6.95. The molecule has 10 heteroatoms. The van der Waals surface area contributed by atoms with Crippen LogP contribution < -0.4 is 9.64 Å². The van der Waals surface area contributed by atoms with Gasteiger partial charge in [-0.1, -0.05) is 6.07 Å². The normalized spacial score (nSPS) is 21.3. The molecule has 200 valence electrons. The standard InChI is InChI=1S/C28H34FN7O2/c1-19-15-30-28(31-16-19)34-7-4-20(5-8-34)24-12-21(24)6-11-38-23-3-2-22(25(29)14-23)13-27(37)35-9-10-36-18-32-33-26(36)17-35/h2-3,14-16,18,20-21,24H,4-13,17H2,1H3/t21-,24-/m1/s1. The van der Waals surface area contributed by atoms with Crippen LogP contribution in [0.25, 0.3) is 0 Å². The van der Waals surface area contributed by atoms with Gasteiger partial charge < -0.3 is 19.1 Å². The van der Waals surface area contributed by atoms with Crippen LogP contribution >= 0.6 is 0 Å². The second kappa shape index (κ2) is 10.7. The van der Waals surface area contributed by atoms with Crippen molar-refractivity contribution in [2.75, 3.05) is 31.1 Å². The summed E-state index contributed by atoms with van der Waals surface area (Å²) in [5, 5.41) is 7.92. The van der Waals surface area contributed by atoms with Crippen LogP contribution in [0.4, 0.5) is 10.3 Å². The molecule has 1 saturated heterocycles. The zero-order valence-corrected chi connectivity index (χ0v) is 21.8. The Balaban J connectivity index is 0.921. The number of amides is 1. The predicted octanol–water partition coefficient (Wildman–Crippen LogP) is 3.42. The third-order valence-corrected chi connectivity index (χ3v) is 8.29. The molecule has 2 atom stereocenters. The Morgan fingerprint density at radius 3 is 2.74 bits per heavy atom. The average molecular weight is 520 g/mol. The van der Waals surface area contributed by atoms with Crippen molar-refractivity contribution in [2.45, 2.75) is 52.1 Å². The molecule has 1 aromatic carbocycles. The van der Waals surface area contributed by atoms with E-state index >= 15 is 0 Å². The molecule has 1 amide bonds. The summed E-state index contributed by atoms with van der Waals surface area (Å²) in [6, 6.07) is 4.84. The fraction of sp³-hybridized carbons (Fsp3) is 0.536. The minimum Gasteiger partial charge on any atom is -0.493 e. The maximum Gasteiger partial charge on any atom is 0.227 e. The molecule has 0 bridgehead atoms. The van der Waals surface area contributed by atoms with E-state index in [0.29, 0.717) is 43.5 Å². The summed E-state index contributed by atoms with van der Waals surface area (Å²) < 4.78 is 22.6. The quantitative estimate of drug-likeness (QED) is 0.451. The number of carbonyl (C=O) groups is 1. The van der Waals surface area contributed by atoms with Crippen LogP contribution in [-0.4, -0.2) is 61.8 Å². The first-order valence-electron chi connectivity index (χ1n) is 13.6. The number of carbonyl (C=O) groups excluding carboxylic acids is 1. The van der Waals surface area contributed by atoms with Gasteiger partial charge in [-0.2, -0.15) is 0 Å². The number of nitrogens with zero attached hydrogens (tertiary/aromatic N) is 7. The topological polar surface area (TPSA) is 89.3 Å². The molecule has 0 radical (unpaired) electrons. The fourth-order valence-corrected chi connectivity index (χ4v) is 5.90. The third-order valence-electron chi connectivity index (χ3n) is 8.29. The number of fused-ring (bicyclic) bond motifs is 1. The number of anilines is 1. The van der Waals surface area contributed by atoms with Gasteiger partial charge in [0.15, 0.2) is 5.82 Å². The van der Waals surface area contributed by atoms with Crippen molar-refractivity contribution in [3.05, 3.63) is 59.7 Å². The molecular formula is C28H34FN7O2. The Morgan fingerprint density at radius 2 is 1.95 bits per heavy atom. The molecule has 3 aliphatic rings. The number of halogens is 1. The lowest BCUT2D eigenvalue weighted by Crippen LogP contribution is -2.39. The second-order valence-electron chi connectivity index (χ2n) is 10.9. The maximum absolute atomic E-state index is 14.8. The molecule has 2 aliphatic heterocycles. The lowest BCUT2D eigenvalue weighted by molar-refractivity contribution is -0.132. The van der Waals surface area contributed by atoms with Gasteiger partial charge in [0.2, 0.25) is 11.9 Å². The minimum absolute atomic E-state index is 0.0266. The molecule has 38 heavy (non-hydrogen) atoms. The van der Waals surface area contributed by atoms with Gasteiger partial charge in [0.05, 0.1) is 19.6 Å². The van der Waals surface area contributed by atoms with Crippen LogP contribution in [0.2, 0.25) is 0 Å². The summed E-state index contributed by atoms with van der Waals surface area (Å²) in [6.07, 6.45) is 10.1. The van der Waals surface area contributed by atoms with Gasteiger partial charge in [-0.3, -0.25) is 4.79 Å². The first-order valence-corrected chi connectivity index (χ1v) is 13.6. The molecule has 6 rings (SSSR count). The molecule has 0 spiro atoms. The molecule has 0 N–H and O–H groups in total. The molecular weight excluding hydrogens is 485 g/mol. The van der Waals surface area contributed by atoms with Gasteiger partial charge >= 0.3 is 0 Å². The summed E-state index contributed by atoms with van der Waals surface area (Å²) in [7, 11) is 0. The van der Waals surface area contributed by atoms with Crippen LogP contribution in [0, 0.1) is 30.5 Å². The van der Waals surface area contributed by atoms with Crippen LogP contribution in [-0.2, 0) is 24.3 Å². The van der Waals surface area contributed by atoms with E-state index in [1.54, 1.807) is 23.4 Å². The average Bonchev–Trinajstić information content (AvgIpc) is 3.55. The Labute approximate surface area is 222 Å². The summed E-state index contributed by atoms with van der Waals surface area (Å²) in [4.78, 5) is 25.7. The van der Waals surface area contributed by atoms with E-state index in [1.165, 1.54) is 25.3 Å². The van der Waals surface area contributed by atoms with Crippen molar-refractivity contribution in [2.24, 2.45) is 17.8 Å². The lowest BCUT2D eigenvalue weighted by atomic mass is 9.90. The van der Waals surface area contributed by atoms with Crippen LogP contribution in [0.3, 0.4) is 0 Å². The van der Waals surface area contributed by atoms with E-state index in [2.05, 4.69) is 25.1 Å². The van der Waals surface area contributed by atoms with Gasteiger partial charge in [0.25, 0.3) is 0 Å². The zero-order chi connectivity index (χ0) is 26.1. The highest BCUT2D eigenvalue weighted by molar-refractivity contribution is 5.79. The van der Waals surface area contributed by atoms with E-state index < -0.39 is 5.82 Å². The number of hydrogen-bond acceptors (Lipinski definition) is 7. The second-order valence-corrected chi connectivity index (χ2v) is 10.9. The number of ether oxygens (including phenoxy) is 1. The van der Waals surface area contributed by atoms with Gasteiger partial charge in [0, 0.05) is 44.6 Å².